The quantitative estimate of drug-likeness (QED) is 0.253. The number of imidazole rings is 1. The predicted molar refractivity (Wildman–Crippen MR) is 132 cm³/mol. The van der Waals surface area contributed by atoms with E-state index < -0.39 is 11.6 Å². The number of hydrogen-bond donors (Lipinski definition) is 0. The van der Waals surface area contributed by atoms with Gasteiger partial charge in [0.1, 0.15) is 23.3 Å². The summed E-state index contributed by atoms with van der Waals surface area (Å²) >= 11 is 1.20. The highest BCUT2D eigenvalue weighted by atomic mass is 32.2. The molecule has 1 heterocycles. The maximum absolute atomic E-state index is 14.2. The molecule has 0 bridgehead atoms. The largest absolute Gasteiger partial charge is 0.493 e. The van der Waals surface area contributed by atoms with Gasteiger partial charge in [-0.05, 0) is 55.5 Å². The van der Waals surface area contributed by atoms with Crippen molar-refractivity contribution in [1.82, 2.24) is 9.55 Å². The van der Waals surface area contributed by atoms with Gasteiger partial charge in [-0.25, -0.2) is 18.2 Å². The van der Waals surface area contributed by atoms with E-state index in [2.05, 4.69) is 0 Å². The number of aromatic nitrogens is 2. The van der Waals surface area contributed by atoms with Crippen LogP contribution in [0.3, 0.4) is 0 Å². The second kappa shape index (κ2) is 10.4. The van der Waals surface area contributed by atoms with E-state index >= 15 is 0 Å². The van der Waals surface area contributed by atoms with Crippen LogP contribution in [-0.4, -0.2) is 30.8 Å². The average molecular weight is 500 g/mol. The van der Waals surface area contributed by atoms with Crippen LogP contribution in [0.25, 0.3) is 5.69 Å². The third-order valence-corrected chi connectivity index (χ3v) is 6.52. The van der Waals surface area contributed by atoms with E-state index in [0.717, 1.165) is 5.69 Å². The molecule has 0 aliphatic heterocycles. The third-order valence-electron chi connectivity index (χ3n) is 5.55. The second-order valence-electron chi connectivity index (χ2n) is 7.70. The highest BCUT2D eigenvalue weighted by Crippen LogP contribution is 2.38. The smallest absolute Gasteiger partial charge is 0.174 e. The lowest BCUT2D eigenvalue weighted by Gasteiger charge is -2.23. The van der Waals surface area contributed by atoms with Crippen molar-refractivity contribution in [1.29, 1.82) is 0 Å². The fraction of sp³-hybridized carbons (Fsp3) is 0.192. The lowest BCUT2D eigenvalue weighted by Crippen LogP contribution is -2.15. The Labute approximate surface area is 206 Å². The van der Waals surface area contributed by atoms with Gasteiger partial charge in [0.25, 0.3) is 0 Å². The average Bonchev–Trinajstić information content (AvgIpc) is 3.19. The summed E-state index contributed by atoms with van der Waals surface area (Å²) in [6.45, 7) is 1.85. The van der Waals surface area contributed by atoms with Crippen molar-refractivity contribution in [2.45, 2.75) is 17.8 Å². The van der Waals surface area contributed by atoms with E-state index in [0.29, 0.717) is 33.9 Å². The lowest BCUT2D eigenvalue weighted by atomic mass is 10.2. The van der Waals surface area contributed by atoms with Crippen LogP contribution in [0.2, 0.25) is 0 Å². The molecule has 0 unspecified atom stereocenters. The zero-order valence-corrected chi connectivity index (χ0v) is 20.5. The van der Waals surface area contributed by atoms with Gasteiger partial charge in [-0.2, -0.15) is 0 Å². The van der Waals surface area contributed by atoms with E-state index in [4.69, 9.17) is 14.5 Å². The molecule has 1 aromatic heterocycles. The maximum Gasteiger partial charge on any atom is 0.174 e. The zero-order chi connectivity index (χ0) is 25.1. The molecule has 0 saturated carbocycles. The van der Waals surface area contributed by atoms with Gasteiger partial charge in [0.05, 0.1) is 19.9 Å². The Balaban J connectivity index is 1.80. The fourth-order valence-electron chi connectivity index (χ4n) is 3.77. The highest BCUT2D eigenvalue weighted by molar-refractivity contribution is 7.98. The van der Waals surface area contributed by atoms with Gasteiger partial charge in [0.15, 0.2) is 16.7 Å². The molecule has 182 valence electrons. The molecule has 9 heteroatoms. The molecule has 5 nitrogen and oxygen atoms in total. The van der Waals surface area contributed by atoms with Crippen LogP contribution >= 0.6 is 11.8 Å². The minimum atomic E-state index is -0.614. The minimum absolute atomic E-state index is 0.0291. The summed E-state index contributed by atoms with van der Waals surface area (Å²) in [5.41, 5.74) is 2.11. The number of ether oxygens (including phenoxy) is 2. The van der Waals surface area contributed by atoms with Crippen LogP contribution in [0, 0.1) is 24.4 Å². The molecule has 4 aromatic rings. The molecule has 0 saturated heterocycles. The first kappa shape index (κ1) is 24.5. The van der Waals surface area contributed by atoms with Crippen molar-refractivity contribution in [2.75, 3.05) is 26.2 Å². The Morgan fingerprint density at radius 1 is 0.914 bits per heavy atom. The monoisotopic (exact) mass is 499 g/mol. The molecule has 0 atom stereocenters. The zero-order valence-electron chi connectivity index (χ0n) is 19.7. The molecular weight excluding hydrogens is 475 g/mol. The van der Waals surface area contributed by atoms with Gasteiger partial charge < -0.3 is 14.4 Å². The number of nitrogens with zero attached hydrogens (tertiary/aromatic N) is 3. The molecule has 0 spiro atoms. The van der Waals surface area contributed by atoms with Crippen LogP contribution in [0.4, 0.5) is 24.7 Å². The summed E-state index contributed by atoms with van der Waals surface area (Å²) in [7, 11) is 5.00. The SMILES string of the molecule is COc1ccc(N(C)c2c(C)nc(SCc3c(F)cccc3F)n2-c2ccc(F)cc2)cc1OC. The first-order valence-electron chi connectivity index (χ1n) is 10.7. The minimum Gasteiger partial charge on any atom is -0.493 e. The number of methoxy groups -OCH3 is 2. The van der Waals surface area contributed by atoms with Gasteiger partial charge in [-0.15, -0.1) is 0 Å². The van der Waals surface area contributed by atoms with E-state index in [1.54, 1.807) is 32.4 Å². The Morgan fingerprint density at radius 3 is 2.20 bits per heavy atom. The summed E-state index contributed by atoms with van der Waals surface area (Å²) < 4.78 is 54.8. The van der Waals surface area contributed by atoms with Crippen LogP contribution in [-0.2, 0) is 5.75 Å². The van der Waals surface area contributed by atoms with Crippen LogP contribution in [0.15, 0.2) is 65.8 Å². The van der Waals surface area contributed by atoms with Crippen LogP contribution < -0.4 is 14.4 Å². The molecule has 0 fully saturated rings. The van der Waals surface area contributed by atoms with Crippen molar-refractivity contribution in [3.05, 3.63) is 89.4 Å². The Bertz CT molecular complexity index is 1320. The maximum atomic E-state index is 14.2. The Kier molecular flexibility index (Phi) is 7.25. The first-order chi connectivity index (χ1) is 16.8. The number of anilines is 2. The molecule has 4 rings (SSSR count). The number of benzene rings is 3. The first-order valence-corrected chi connectivity index (χ1v) is 11.7. The molecule has 0 N–H and O–H groups in total. The van der Waals surface area contributed by atoms with Gasteiger partial charge in [0.2, 0.25) is 0 Å². The Morgan fingerprint density at radius 2 is 1.57 bits per heavy atom. The molecule has 0 aliphatic carbocycles. The van der Waals surface area contributed by atoms with E-state index in [1.807, 2.05) is 35.6 Å². The van der Waals surface area contributed by atoms with Gasteiger partial charge in [-0.1, -0.05) is 17.8 Å². The molecule has 3 aromatic carbocycles. The summed E-state index contributed by atoms with van der Waals surface area (Å²) in [5.74, 6) is 0.302. The normalized spacial score (nSPS) is 10.9. The summed E-state index contributed by atoms with van der Waals surface area (Å²) in [6.07, 6.45) is 0. The van der Waals surface area contributed by atoms with Crippen LogP contribution in [0.5, 0.6) is 11.5 Å². The van der Waals surface area contributed by atoms with Crippen molar-refractivity contribution >= 4 is 23.3 Å². The summed E-state index contributed by atoms with van der Waals surface area (Å²) in [4.78, 5) is 6.61. The van der Waals surface area contributed by atoms with Crippen LogP contribution in [0.1, 0.15) is 11.3 Å². The lowest BCUT2D eigenvalue weighted by molar-refractivity contribution is 0.355. The van der Waals surface area contributed by atoms with Gasteiger partial charge in [0, 0.05) is 35.8 Å². The molecular formula is C26H24F3N3O2S. The standard InChI is InChI=1S/C26H24F3N3O2S/c1-16-25(31(2)19-12-13-23(33-3)24(14-19)34-4)32(18-10-8-17(27)9-11-18)26(30-16)35-15-20-21(28)6-5-7-22(20)29/h5-14H,15H2,1-4H3. The number of aryl methyl sites for hydroxylation is 1. The van der Waals surface area contributed by atoms with Crippen molar-refractivity contribution in [2.24, 2.45) is 0 Å². The van der Waals surface area contributed by atoms with Crippen molar-refractivity contribution < 1.29 is 22.6 Å². The van der Waals surface area contributed by atoms with Crippen molar-refractivity contribution in [3.63, 3.8) is 0 Å². The number of thioether (sulfide) groups is 1. The molecule has 0 aliphatic rings. The molecule has 0 radical (unpaired) electrons. The topological polar surface area (TPSA) is 39.5 Å². The highest BCUT2D eigenvalue weighted by Gasteiger charge is 2.22. The fourth-order valence-corrected chi connectivity index (χ4v) is 4.84. The predicted octanol–water partition coefficient (Wildman–Crippen LogP) is 6.68. The van der Waals surface area contributed by atoms with E-state index in [-0.39, 0.29) is 17.1 Å². The van der Waals surface area contributed by atoms with Gasteiger partial charge in [-0.3, -0.25) is 4.57 Å². The van der Waals surface area contributed by atoms with Crippen molar-refractivity contribution in [3.8, 4) is 17.2 Å². The number of hydrogen-bond acceptors (Lipinski definition) is 5. The van der Waals surface area contributed by atoms with E-state index in [9.17, 15) is 13.2 Å². The summed E-state index contributed by atoms with van der Waals surface area (Å²) in [6, 6.07) is 15.3. The number of halogens is 3. The molecule has 0 amide bonds. The summed E-state index contributed by atoms with van der Waals surface area (Å²) in [5, 5.41) is 0.513. The molecule has 35 heavy (non-hydrogen) atoms. The Hall–Kier alpha value is -3.59. The number of rotatable bonds is 8. The third kappa shape index (κ3) is 4.95. The van der Waals surface area contributed by atoms with Gasteiger partial charge >= 0.3 is 0 Å². The second-order valence-corrected chi connectivity index (χ2v) is 8.64. The van der Waals surface area contributed by atoms with E-state index in [1.165, 1.54) is 42.1 Å².